The van der Waals surface area contributed by atoms with Crippen molar-refractivity contribution in [3.05, 3.63) is 34.9 Å². The van der Waals surface area contributed by atoms with Crippen LogP contribution >= 0.6 is 11.6 Å². The zero-order valence-corrected chi connectivity index (χ0v) is 11.4. The molecule has 0 aliphatic rings. The lowest BCUT2D eigenvalue weighted by Gasteiger charge is -2.10. The molecule has 0 saturated carbocycles. The molecule has 1 N–H and O–H groups in total. The third kappa shape index (κ3) is 3.30. The molecule has 0 bridgehead atoms. The maximum Gasteiger partial charge on any atom is 0.229 e. The van der Waals surface area contributed by atoms with Crippen LogP contribution in [0.4, 0.5) is 4.39 Å². The van der Waals surface area contributed by atoms with Crippen LogP contribution in [0, 0.1) is 11.7 Å². The van der Waals surface area contributed by atoms with Gasteiger partial charge in [-0.15, -0.1) is 0 Å². The van der Waals surface area contributed by atoms with Crippen molar-refractivity contribution in [1.82, 2.24) is 10.1 Å². The van der Waals surface area contributed by atoms with Crippen molar-refractivity contribution in [1.29, 1.82) is 0 Å². The molecule has 102 valence electrons. The number of halogens is 2. The molecule has 0 fully saturated rings. The second kappa shape index (κ2) is 5.67. The molecule has 0 saturated heterocycles. The zero-order valence-electron chi connectivity index (χ0n) is 10.6. The van der Waals surface area contributed by atoms with E-state index in [9.17, 15) is 9.50 Å². The Labute approximate surface area is 115 Å². The standard InChI is InChI=1S/C13H14ClFN2O2/c1-7(2)11(18)6-12-16-13(17-19-12)8-3-4-10(15)9(14)5-8/h3-5,7,11,18H,6H2,1-2H3. The summed E-state index contributed by atoms with van der Waals surface area (Å²) in [6.45, 7) is 3.81. The summed E-state index contributed by atoms with van der Waals surface area (Å²) in [5.41, 5.74) is 0.570. The number of hydrogen-bond acceptors (Lipinski definition) is 4. The first kappa shape index (κ1) is 14.0. The quantitative estimate of drug-likeness (QED) is 0.937. The summed E-state index contributed by atoms with van der Waals surface area (Å²) in [5.74, 6) is 0.282. The van der Waals surface area contributed by atoms with Gasteiger partial charge in [-0.25, -0.2) is 4.39 Å². The Hall–Kier alpha value is -1.46. The summed E-state index contributed by atoms with van der Waals surface area (Å²) < 4.78 is 18.1. The van der Waals surface area contributed by atoms with Crippen LogP contribution in [0.15, 0.2) is 22.7 Å². The Balaban J connectivity index is 2.18. The topological polar surface area (TPSA) is 59.2 Å². The Bertz CT molecular complexity index is 572. The molecule has 0 aliphatic heterocycles. The molecule has 1 heterocycles. The zero-order chi connectivity index (χ0) is 14.0. The van der Waals surface area contributed by atoms with Gasteiger partial charge in [-0.3, -0.25) is 0 Å². The molecule has 4 nitrogen and oxygen atoms in total. The highest BCUT2D eigenvalue weighted by molar-refractivity contribution is 6.31. The number of hydrogen-bond donors (Lipinski definition) is 1. The average Bonchev–Trinajstić information content (AvgIpc) is 2.81. The predicted molar refractivity (Wildman–Crippen MR) is 69.3 cm³/mol. The van der Waals surface area contributed by atoms with E-state index in [-0.39, 0.29) is 10.9 Å². The molecule has 1 unspecified atom stereocenters. The van der Waals surface area contributed by atoms with Crippen LogP contribution in [0.2, 0.25) is 5.02 Å². The van der Waals surface area contributed by atoms with Crippen LogP contribution in [-0.2, 0) is 6.42 Å². The largest absolute Gasteiger partial charge is 0.392 e. The van der Waals surface area contributed by atoms with Gasteiger partial charge in [0.25, 0.3) is 0 Å². The number of nitrogens with zero attached hydrogens (tertiary/aromatic N) is 2. The molecule has 1 aromatic heterocycles. The minimum absolute atomic E-state index is 0.00562. The molecular weight excluding hydrogens is 271 g/mol. The van der Waals surface area contributed by atoms with Gasteiger partial charge in [-0.05, 0) is 24.1 Å². The van der Waals surface area contributed by atoms with E-state index in [1.165, 1.54) is 18.2 Å². The molecule has 1 atom stereocenters. The normalized spacial score (nSPS) is 12.9. The SMILES string of the molecule is CC(C)C(O)Cc1nc(-c2ccc(F)c(Cl)c2)no1. The van der Waals surface area contributed by atoms with Crippen LogP contribution in [0.25, 0.3) is 11.4 Å². The van der Waals surface area contributed by atoms with Gasteiger partial charge in [0.15, 0.2) is 0 Å². The summed E-state index contributed by atoms with van der Waals surface area (Å²) >= 11 is 5.70. The molecule has 0 aliphatic carbocycles. The summed E-state index contributed by atoms with van der Waals surface area (Å²) in [6.07, 6.45) is -0.246. The second-order valence-corrected chi connectivity index (χ2v) is 5.06. The lowest BCUT2D eigenvalue weighted by molar-refractivity contribution is 0.116. The molecule has 2 aromatic rings. The summed E-state index contributed by atoms with van der Waals surface area (Å²) in [6, 6.07) is 4.20. The fraction of sp³-hybridized carbons (Fsp3) is 0.385. The first-order valence-electron chi connectivity index (χ1n) is 5.93. The summed E-state index contributed by atoms with van der Waals surface area (Å²) in [7, 11) is 0. The minimum Gasteiger partial charge on any atom is -0.392 e. The second-order valence-electron chi connectivity index (χ2n) is 4.66. The molecule has 2 rings (SSSR count). The van der Waals surface area contributed by atoms with Crippen molar-refractivity contribution in [2.75, 3.05) is 0 Å². The fourth-order valence-corrected chi connectivity index (χ4v) is 1.69. The first-order chi connectivity index (χ1) is 8.97. The number of aliphatic hydroxyl groups is 1. The Morgan fingerprint density at radius 2 is 2.16 bits per heavy atom. The van der Waals surface area contributed by atoms with Crippen LogP contribution in [0.3, 0.4) is 0 Å². The Morgan fingerprint density at radius 3 is 2.79 bits per heavy atom. The van der Waals surface area contributed by atoms with Crippen molar-refractivity contribution >= 4 is 11.6 Å². The minimum atomic E-state index is -0.537. The van der Waals surface area contributed by atoms with Crippen LogP contribution < -0.4 is 0 Å². The highest BCUT2D eigenvalue weighted by Crippen LogP contribution is 2.23. The Morgan fingerprint density at radius 1 is 1.42 bits per heavy atom. The van der Waals surface area contributed by atoms with E-state index in [1.807, 2.05) is 13.8 Å². The van der Waals surface area contributed by atoms with Crippen LogP contribution in [-0.4, -0.2) is 21.4 Å². The monoisotopic (exact) mass is 284 g/mol. The molecule has 0 spiro atoms. The number of aromatic nitrogens is 2. The van der Waals surface area contributed by atoms with Gasteiger partial charge >= 0.3 is 0 Å². The van der Waals surface area contributed by atoms with E-state index in [0.717, 1.165) is 0 Å². The van der Waals surface area contributed by atoms with Crippen molar-refractivity contribution < 1.29 is 14.0 Å². The average molecular weight is 285 g/mol. The van der Waals surface area contributed by atoms with Crippen molar-refractivity contribution in [2.45, 2.75) is 26.4 Å². The molecule has 0 radical (unpaired) electrons. The smallest absolute Gasteiger partial charge is 0.229 e. The van der Waals surface area contributed by atoms with Gasteiger partial charge < -0.3 is 9.63 Å². The lowest BCUT2D eigenvalue weighted by atomic mass is 10.0. The first-order valence-corrected chi connectivity index (χ1v) is 6.31. The maximum atomic E-state index is 13.1. The number of aliphatic hydroxyl groups excluding tert-OH is 1. The molecule has 0 amide bonds. The van der Waals surface area contributed by atoms with E-state index >= 15 is 0 Å². The highest BCUT2D eigenvalue weighted by atomic mass is 35.5. The van der Waals surface area contributed by atoms with Crippen molar-refractivity contribution in [2.24, 2.45) is 5.92 Å². The van der Waals surface area contributed by atoms with Gasteiger partial charge in [-0.2, -0.15) is 4.98 Å². The van der Waals surface area contributed by atoms with Gasteiger partial charge in [0.05, 0.1) is 17.5 Å². The van der Waals surface area contributed by atoms with E-state index < -0.39 is 11.9 Å². The molecule has 6 heteroatoms. The van der Waals surface area contributed by atoms with Crippen LogP contribution in [0.1, 0.15) is 19.7 Å². The van der Waals surface area contributed by atoms with Gasteiger partial charge in [0.2, 0.25) is 11.7 Å². The fourth-order valence-electron chi connectivity index (χ4n) is 1.50. The third-order valence-electron chi connectivity index (χ3n) is 2.80. The lowest BCUT2D eigenvalue weighted by Crippen LogP contribution is -2.17. The molecule has 1 aromatic carbocycles. The summed E-state index contributed by atoms with van der Waals surface area (Å²) in [4.78, 5) is 4.15. The third-order valence-corrected chi connectivity index (χ3v) is 3.09. The van der Waals surface area contributed by atoms with Crippen LogP contribution in [0.5, 0.6) is 0 Å². The van der Waals surface area contributed by atoms with Gasteiger partial charge in [-0.1, -0.05) is 30.6 Å². The van der Waals surface area contributed by atoms with Gasteiger partial charge in [0, 0.05) is 5.56 Å². The number of rotatable bonds is 4. The highest BCUT2D eigenvalue weighted by Gasteiger charge is 2.16. The van der Waals surface area contributed by atoms with E-state index in [2.05, 4.69) is 10.1 Å². The molecular formula is C13H14ClFN2O2. The van der Waals surface area contributed by atoms with Crippen molar-refractivity contribution in [3.63, 3.8) is 0 Å². The summed E-state index contributed by atoms with van der Waals surface area (Å²) in [5, 5.41) is 13.5. The molecule has 19 heavy (non-hydrogen) atoms. The van der Waals surface area contributed by atoms with Crippen molar-refractivity contribution in [3.8, 4) is 11.4 Å². The predicted octanol–water partition coefficient (Wildman–Crippen LogP) is 3.09. The van der Waals surface area contributed by atoms with E-state index in [0.29, 0.717) is 23.7 Å². The van der Waals surface area contributed by atoms with E-state index in [4.69, 9.17) is 16.1 Å². The maximum absolute atomic E-state index is 13.1. The van der Waals surface area contributed by atoms with E-state index in [1.54, 1.807) is 0 Å². The Kier molecular flexibility index (Phi) is 4.17. The van der Waals surface area contributed by atoms with Gasteiger partial charge in [0.1, 0.15) is 5.82 Å². The number of benzene rings is 1.